The maximum atomic E-state index is 11.5. The normalized spacial score (nSPS) is 34.1. The van der Waals surface area contributed by atoms with Gasteiger partial charge in [0.1, 0.15) is 0 Å². The SMILES string of the molecule is CC(=O)c1cnc(N2CC3CC4CC(C3)CC2C4)nc1C. The highest BCUT2D eigenvalue weighted by molar-refractivity contribution is 5.94. The van der Waals surface area contributed by atoms with Crippen LogP contribution in [0.4, 0.5) is 5.95 Å². The van der Waals surface area contributed by atoms with Crippen LogP contribution in [0, 0.1) is 24.7 Å². The second-order valence-electron chi connectivity index (χ2n) is 7.31. The van der Waals surface area contributed by atoms with Crippen molar-refractivity contribution in [3.05, 3.63) is 17.5 Å². The van der Waals surface area contributed by atoms with Crippen molar-refractivity contribution < 1.29 is 4.79 Å². The maximum Gasteiger partial charge on any atom is 0.225 e. The lowest BCUT2D eigenvalue weighted by Crippen LogP contribution is -2.39. The van der Waals surface area contributed by atoms with Crippen LogP contribution < -0.4 is 4.90 Å². The molecule has 0 amide bonds. The number of rotatable bonds is 2. The molecule has 1 aromatic heterocycles. The average molecular weight is 285 g/mol. The molecular formula is C17H23N3O. The molecule has 0 spiro atoms. The zero-order valence-corrected chi connectivity index (χ0v) is 12.9. The van der Waals surface area contributed by atoms with E-state index in [-0.39, 0.29) is 5.78 Å². The number of aryl methyl sites for hydroxylation is 1. The maximum absolute atomic E-state index is 11.5. The minimum absolute atomic E-state index is 0.0508. The van der Waals surface area contributed by atoms with Crippen LogP contribution in [0.2, 0.25) is 0 Å². The molecule has 1 aromatic rings. The molecule has 21 heavy (non-hydrogen) atoms. The molecule has 2 unspecified atom stereocenters. The van der Waals surface area contributed by atoms with Gasteiger partial charge in [0.05, 0.1) is 11.3 Å². The van der Waals surface area contributed by atoms with Crippen molar-refractivity contribution in [2.75, 3.05) is 11.4 Å². The first-order valence-corrected chi connectivity index (χ1v) is 8.21. The topological polar surface area (TPSA) is 46.1 Å². The van der Waals surface area contributed by atoms with Gasteiger partial charge in [0.15, 0.2) is 5.78 Å². The highest BCUT2D eigenvalue weighted by atomic mass is 16.1. The monoisotopic (exact) mass is 285 g/mol. The van der Waals surface area contributed by atoms with E-state index >= 15 is 0 Å². The molecule has 2 aliphatic heterocycles. The largest absolute Gasteiger partial charge is 0.338 e. The van der Waals surface area contributed by atoms with Crippen molar-refractivity contribution in [1.82, 2.24) is 9.97 Å². The molecule has 2 saturated carbocycles. The molecule has 5 rings (SSSR count). The molecule has 2 atom stereocenters. The fourth-order valence-corrected chi connectivity index (χ4v) is 4.97. The minimum atomic E-state index is 0.0508. The van der Waals surface area contributed by atoms with Crippen LogP contribution in [-0.2, 0) is 0 Å². The van der Waals surface area contributed by atoms with Crippen molar-refractivity contribution in [1.29, 1.82) is 0 Å². The van der Waals surface area contributed by atoms with Crippen LogP contribution in [0.1, 0.15) is 55.1 Å². The molecule has 3 heterocycles. The summed E-state index contributed by atoms with van der Waals surface area (Å²) in [5, 5.41) is 0. The van der Waals surface area contributed by atoms with Gasteiger partial charge in [-0.2, -0.15) is 0 Å². The summed E-state index contributed by atoms with van der Waals surface area (Å²) >= 11 is 0. The third kappa shape index (κ3) is 2.25. The number of hydrogen-bond acceptors (Lipinski definition) is 4. The van der Waals surface area contributed by atoms with E-state index < -0.39 is 0 Å². The summed E-state index contributed by atoms with van der Waals surface area (Å²) < 4.78 is 0. The zero-order valence-electron chi connectivity index (χ0n) is 12.9. The molecule has 0 aromatic carbocycles. The Balaban J connectivity index is 1.67. The molecule has 112 valence electrons. The Morgan fingerprint density at radius 1 is 1.14 bits per heavy atom. The summed E-state index contributed by atoms with van der Waals surface area (Å²) in [6.45, 7) is 4.61. The standard InChI is InChI=1S/C17H23N3O/c1-10-16(11(2)21)8-18-17(19-10)20-9-14-4-12-3-13(5-14)7-15(20)6-12/h8,12-15H,3-7,9H2,1-2H3. The Bertz CT molecular complexity index is 571. The first-order valence-electron chi connectivity index (χ1n) is 8.21. The first kappa shape index (κ1) is 13.2. The number of anilines is 1. The summed E-state index contributed by atoms with van der Waals surface area (Å²) in [5.41, 5.74) is 1.47. The van der Waals surface area contributed by atoms with Crippen molar-refractivity contribution in [3.63, 3.8) is 0 Å². The van der Waals surface area contributed by atoms with Gasteiger partial charge in [-0.25, -0.2) is 9.97 Å². The molecule has 4 nitrogen and oxygen atoms in total. The van der Waals surface area contributed by atoms with Gasteiger partial charge in [-0.1, -0.05) is 0 Å². The van der Waals surface area contributed by atoms with E-state index in [2.05, 4.69) is 14.9 Å². The van der Waals surface area contributed by atoms with Crippen molar-refractivity contribution in [3.8, 4) is 0 Å². The van der Waals surface area contributed by atoms with Crippen LogP contribution in [0.3, 0.4) is 0 Å². The van der Waals surface area contributed by atoms with E-state index in [0.29, 0.717) is 11.6 Å². The summed E-state index contributed by atoms with van der Waals surface area (Å²) in [6, 6.07) is 0.615. The van der Waals surface area contributed by atoms with Crippen LogP contribution in [-0.4, -0.2) is 28.3 Å². The Morgan fingerprint density at radius 2 is 1.81 bits per heavy atom. The Labute approximate surface area is 126 Å². The van der Waals surface area contributed by atoms with Gasteiger partial charge in [-0.05, 0) is 63.7 Å². The number of fused-ring (bicyclic) bond motifs is 1. The lowest BCUT2D eigenvalue weighted by molar-refractivity contribution is 0.101. The summed E-state index contributed by atoms with van der Waals surface area (Å²) in [5.74, 6) is 3.56. The van der Waals surface area contributed by atoms with E-state index in [0.717, 1.165) is 35.9 Å². The fraction of sp³-hybridized carbons (Fsp3) is 0.706. The molecular weight excluding hydrogens is 262 g/mol. The first-order chi connectivity index (χ1) is 10.1. The summed E-state index contributed by atoms with van der Waals surface area (Å²) in [4.78, 5) is 23.2. The van der Waals surface area contributed by atoms with Crippen LogP contribution in [0.15, 0.2) is 6.20 Å². The van der Waals surface area contributed by atoms with Gasteiger partial charge in [0.25, 0.3) is 0 Å². The fourth-order valence-electron chi connectivity index (χ4n) is 4.97. The number of carbonyl (C=O) groups is 1. The zero-order chi connectivity index (χ0) is 14.6. The van der Waals surface area contributed by atoms with E-state index in [9.17, 15) is 4.79 Å². The summed E-state index contributed by atoms with van der Waals surface area (Å²) in [6.07, 6.45) is 8.58. The van der Waals surface area contributed by atoms with E-state index in [1.165, 1.54) is 32.1 Å². The van der Waals surface area contributed by atoms with Gasteiger partial charge in [-0.3, -0.25) is 4.79 Å². The molecule has 2 aliphatic carbocycles. The number of hydrogen-bond donors (Lipinski definition) is 0. The molecule has 4 fully saturated rings. The lowest BCUT2D eigenvalue weighted by atomic mass is 9.68. The molecule has 4 heteroatoms. The molecule has 4 bridgehead atoms. The molecule has 0 radical (unpaired) electrons. The summed E-state index contributed by atoms with van der Waals surface area (Å²) in [7, 11) is 0. The van der Waals surface area contributed by atoms with Gasteiger partial charge in [0, 0.05) is 18.8 Å². The van der Waals surface area contributed by atoms with Gasteiger partial charge in [-0.15, -0.1) is 0 Å². The number of carbonyl (C=O) groups excluding carboxylic acids is 1. The van der Waals surface area contributed by atoms with Crippen molar-refractivity contribution in [2.24, 2.45) is 17.8 Å². The minimum Gasteiger partial charge on any atom is -0.338 e. The van der Waals surface area contributed by atoms with E-state index in [4.69, 9.17) is 0 Å². The Morgan fingerprint density at radius 3 is 2.43 bits per heavy atom. The second-order valence-corrected chi connectivity index (χ2v) is 7.31. The van der Waals surface area contributed by atoms with Crippen molar-refractivity contribution in [2.45, 2.75) is 52.0 Å². The van der Waals surface area contributed by atoms with Crippen LogP contribution in [0.5, 0.6) is 0 Å². The number of ketones is 1. The van der Waals surface area contributed by atoms with Crippen LogP contribution >= 0.6 is 0 Å². The third-order valence-electron chi connectivity index (χ3n) is 5.71. The number of aromatic nitrogens is 2. The van der Waals surface area contributed by atoms with Gasteiger partial charge >= 0.3 is 0 Å². The smallest absolute Gasteiger partial charge is 0.225 e. The number of nitrogens with zero attached hydrogens (tertiary/aromatic N) is 3. The van der Waals surface area contributed by atoms with Gasteiger partial charge < -0.3 is 4.90 Å². The third-order valence-corrected chi connectivity index (χ3v) is 5.71. The number of Topliss-reactive ketones (excluding diaryl/α,β-unsaturated/α-hetero) is 1. The molecule has 0 N–H and O–H groups in total. The average Bonchev–Trinajstić information content (AvgIpc) is 2.62. The quantitative estimate of drug-likeness (QED) is 0.784. The van der Waals surface area contributed by atoms with Crippen molar-refractivity contribution >= 4 is 11.7 Å². The Hall–Kier alpha value is -1.45. The van der Waals surface area contributed by atoms with Gasteiger partial charge in [0.2, 0.25) is 5.95 Å². The predicted molar refractivity (Wildman–Crippen MR) is 81.5 cm³/mol. The predicted octanol–water partition coefficient (Wildman–Crippen LogP) is 3.00. The van der Waals surface area contributed by atoms with E-state index in [1.54, 1.807) is 13.1 Å². The highest BCUT2D eigenvalue weighted by Gasteiger charge is 2.43. The second kappa shape index (κ2) is 4.79. The van der Waals surface area contributed by atoms with E-state index in [1.807, 2.05) is 6.92 Å². The van der Waals surface area contributed by atoms with Crippen LogP contribution in [0.25, 0.3) is 0 Å². The molecule has 4 aliphatic rings. The highest BCUT2D eigenvalue weighted by Crippen LogP contribution is 2.48. The molecule has 2 saturated heterocycles. The lowest BCUT2D eigenvalue weighted by Gasteiger charge is -2.39. The Kier molecular flexibility index (Phi) is 3.02.